The number of aryl methyl sites for hydroxylation is 4. The van der Waals surface area contributed by atoms with E-state index in [1.165, 1.54) is 20.2 Å². The third kappa shape index (κ3) is 4.17. The highest BCUT2D eigenvalue weighted by Gasteiger charge is 2.24. The van der Waals surface area contributed by atoms with Gasteiger partial charge < -0.3 is 0 Å². The van der Waals surface area contributed by atoms with Crippen molar-refractivity contribution in [2.75, 3.05) is 18.8 Å². The molecule has 1 N–H and O–H groups in total. The maximum absolute atomic E-state index is 13.0. The van der Waals surface area contributed by atoms with Crippen molar-refractivity contribution < 1.29 is 16.8 Å². The predicted molar refractivity (Wildman–Crippen MR) is 108 cm³/mol. The van der Waals surface area contributed by atoms with Crippen molar-refractivity contribution in [3.8, 4) is 0 Å². The Labute approximate surface area is 162 Å². The van der Waals surface area contributed by atoms with Gasteiger partial charge in [0.1, 0.15) is 0 Å². The number of hydrogen-bond donors (Lipinski definition) is 1. The molecule has 0 aliphatic carbocycles. The molecule has 0 aliphatic heterocycles. The van der Waals surface area contributed by atoms with E-state index in [-0.39, 0.29) is 15.5 Å². The van der Waals surface area contributed by atoms with Gasteiger partial charge >= 0.3 is 0 Å². The van der Waals surface area contributed by atoms with Gasteiger partial charge in [0.2, 0.25) is 10.0 Å². The summed E-state index contributed by atoms with van der Waals surface area (Å²) in [7, 11) is -4.68. The summed E-state index contributed by atoms with van der Waals surface area (Å²) in [6.45, 7) is 8.92. The number of hydrogen-bond acceptors (Lipinski definition) is 4. The van der Waals surface area contributed by atoms with E-state index in [1.54, 1.807) is 33.8 Å². The molecule has 0 spiro atoms. The van der Waals surface area contributed by atoms with Gasteiger partial charge in [-0.2, -0.15) is 0 Å². The first kappa shape index (κ1) is 21.4. The first-order valence-electron chi connectivity index (χ1n) is 8.42. The summed E-state index contributed by atoms with van der Waals surface area (Å²) in [6, 6.07) is 6.54. The molecule has 0 heterocycles. The first-order valence-corrected chi connectivity index (χ1v) is 11.3. The summed E-state index contributed by atoms with van der Waals surface area (Å²) >= 11 is 0. The molecule has 8 heteroatoms. The Morgan fingerprint density at radius 3 is 1.78 bits per heavy atom. The molecular formula is C19H26N2O4S2. The van der Waals surface area contributed by atoms with Crippen molar-refractivity contribution in [2.45, 2.75) is 44.4 Å². The molecule has 0 radical (unpaired) electrons. The second kappa shape index (κ2) is 7.26. The van der Waals surface area contributed by atoms with Crippen LogP contribution in [-0.2, 0) is 20.0 Å². The molecule has 2 aromatic rings. The number of anilines is 1. The highest BCUT2D eigenvalue weighted by Crippen LogP contribution is 2.29. The molecule has 0 saturated carbocycles. The average molecular weight is 411 g/mol. The largest absolute Gasteiger partial charge is 0.279 e. The molecule has 6 nitrogen and oxygen atoms in total. The molecular weight excluding hydrogens is 384 g/mol. The average Bonchev–Trinajstić information content (AvgIpc) is 2.49. The van der Waals surface area contributed by atoms with Gasteiger partial charge in [0, 0.05) is 14.1 Å². The minimum absolute atomic E-state index is 0.0469. The Morgan fingerprint density at radius 1 is 0.778 bits per heavy atom. The lowest BCUT2D eigenvalue weighted by Gasteiger charge is -2.18. The molecule has 0 aliphatic rings. The van der Waals surface area contributed by atoms with Crippen LogP contribution in [0, 0.1) is 34.6 Å². The number of nitrogens with zero attached hydrogens (tertiary/aromatic N) is 1. The van der Waals surface area contributed by atoms with Crippen molar-refractivity contribution in [1.82, 2.24) is 4.31 Å². The van der Waals surface area contributed by atoms with Crippen LogP contribution in [0.25, 0.3) is 0 Å². The topological polar surface area (TPSA) is 83.5 Å². The minimum atomic E-state index is -3.87. The molecule has 2 aromatic carbocycles. The summed E-state index contributed by atoms with van der Waals surface area (Å²) in [4.78, 5) is 0.261. The predicted octanol–water partition coefficient (Wildman–Crippen LogP) is 3.28. The van der Waals surface area contributed by atoms with Crippen LogP contribution in [0.1, 0.15) is 27.8 Å². The van der Waals surface area contributed by atoms with Gasteiger partial charge in [-0.1, -0.05) is 17.7 Å². The van der Waals surface area contributed by atoms with Gasteiger partial charge in [0.05, 0.1) is 15.5 Å². The van der Waals surface area contributed by atoms with Crippen LogP contribution in [0.5, 0.6) is 0 Å². The Morgan fingerprint density at radius 2 is 1.30 bits per heavy atom. The van der Waals surface area contributed by atoms with E-state index in [0.29, 0.717) is 22.3 Å². The van der Waals surface area contributed by atoms with Crippen molar-refractivity contribution >= 4 is 25.7 Å². The fraction of sp³-hybridized carbons (Fsp3) is 0.368. The standard InChI is InChI=1S/C19H26N2O4S2/c1-12-8-14(3)19(15(4)9-12)26(22,23)20-18-11-17(10-13(2)16(18)5)27(24,25)21(6)7/h8-11,20H,1-7H3. The Balaban J connectivity index is 2.62. The zero-order valence-corrected chi connectivity index (χ0v) is 18.3. The van der Waals surface area contributed by atoms with E-state index >= 15 is 0 Å². The molecule has 27 heavy (non-hydrogen) atoms. The van der Waals surface area contributed by atoms with Gasteiger partial charge in [0.15, 0.2) is 0 Å². The van der Waals surface area contributed by atoms with Crippen LogP contribution >= 0.6 is 0 Å². The van der Waals surface area contributed by atoms with Crippen LogP contribution in [0.3, 0.4) is 0 Å². The lowest BCUT2D eigenvalue weighted by atomic mass is 10.1. The summed E-state index contributed by atoms with van der Waals surface area (Å²) in [5.74, 6) is 0. The molecule has 0 fully saturated rings. The lowest BCUT2D eigenvalue weighted by Crippen LogP contribution is -2.23. The zero-order chi connectivity index (χ0) is 20.7. The highest BCUT2D eigenvalue weighted by atomic mass is 32.2. The Bertz CT molecular complexity index is 1080. The molecule has 0 bridgehead atoms. The van der Waals surface area contributed by atoms with Crippen LogP contribution in [0.15, 0.2) is 34.1 Å². The Hall–Kier alpha value is -1.90. The van der Waals surface area contributed by atoms with E-state index in [9.17, 15) is 16.8 Å². The molecule has 0 amide bonds. The zero-order valence-electron chi connectivity index (χ0n) is 16.7. The fourth-order valence-corrected chi connectivity index (χ4v) is 5.66. The maximum atomic E-state index is 13.0. The summed E-state index contributed by atoms with van der Waals surface area (Å²) in [6.07, 6.45) is 0. The third-order valence-corrected chi connectivity index (χ3v) is 8.00. The lowest BCUT2D eigenvalue weighted by molar-refractivity contribution is 0.520. The van der Waals surface area contributed by atoms with E-state index in [1.807, 2.05) is 19.1 Å². The van der Waals surface area contributed by atoms with Crippen LogP contribution in [0.2, 0.25) is 0 Å². The van der Waals surface area contributed by atoms with Gasteiger partial charge in [-0.05, 0) is 69.0 Å². The molecule has 0 aromatic heterocycles. The summed E-state index contributed by atoms with van der Waals surface area (Å²) in [5, 5.41) is 0. The van der Waals surface area contributed by atoms with Crippen LogP contribution in [-0.4, -0.2) is 35.2 Å². The van der Waals surface area contributed by atoms with Crippen LogP contribution < -0.4 is 4.72 Å². The number of nitrogens with one attached hydrogen (secondary N) is 1. The molecule has 0 saturated heterocycles. The SMILES string of the molecule is Cc1cc(C)c(S(=O)(=O)Nc2cc(S(=O)(=O)N(C)C)cc(C)c2C)c(C)c1. The number of benzene rings is 2. The smallest absolute Gasteiger partial charge is 0.262 e. The molecule has 0 atom stereocenters. The second-order valence-corrected chi connectivity index (χ2v) is 10.8. The van der Waals surface area contributed by atoms with E-state index in [2.05, 4.69) is 4.72 Å². The maximum Gasteiger partial charge on any atom is 0.262 e. The van der Waals surface area contributed by atoms with Crippen molar-refractivity contribution in [3.63, 3.8) is 0 Å². The highest BCUT2D eigenvalue weighted by molar-refractivity contribution is 7.92. The fourth-order valence-electron chi connectivity index (χ4n) is 3.08. The monoisotopic (exact) mass is 410 g/mol. The summed E-state index contributed by atoms with van der Waals surface area (Å²) in [5.41, 5.74) is 3.90. The van der Waals surface area contributed by atoms with E-state index in [4.69, 9.17) is 0 Å². The van der Waals surface area contributed by atoms with Crippen molar-refractivity contribution in [2.24, 2.45) is 0 Å². The third-order valence-electron chi connectivity index (χ3n) is 4.54. The van der Waals surface area contributed by atoms with Gasteiger partial charge in [-0.15, -0.1) is 0 Å². The van der Waals surface area contributed by atoms with Crippen molar-refractivity contribution in [1.29, 1.82) is 0 Å². The quantitative estimate of drug-likeness (QED) is 0.820. The van der Waals surface area contributed by atoms with Gasteiger partial charge in [0.25, 0.3) is 10.0 Å². The minimum Gasteiger partial charge on any atom is -0.279 e. The van der Waals surface area contributed by atoms with E-state index in [0.717, 1.165) is 9.87 Å². The molecule has 148 valence electrons. The van der Waals surface area contributed by atoms with E-state index < -0.39 is 20.0 Å². The first-order chi connectivity index (χ1) is 12.3. The summed E-state index contributed by atoms with van der Waals surface area (Å²) < 4.78 is 54.7. The van der Waals surface area contributed by atoms with Crippen LogP contribution in [0.4, 0.5) is 5.69 Å². The van der Waals surface area contributed by atoms with Gasteiger partial charge in [-0.25, -0.2) is 21.1 Å². The molecule has 2 rings (SSSR count). The Kier molecular flexibility index (Phi) is 5.75. The van der Waals surface area contributed by atoms with Crippen molar-refractivity contribution in [3.05, 3.63) is 52.1 Å². The number of rotatable bonds is 5. The molecule has 0 unspecified atom stereocenters. The second-order valence-electron chi connectivity index (χ2n) is 7.03. The van der Waals surface area contributed by atoms with Gasteiger partial charge in [-0.3, -0.25) is 4.72 Å². The normalized spacial score (nSPS) is 12.4. The number of sulfonamides is 2.